The van der Waals surface area contributed by atoms with Crippen molar-refractivity contribution < 1.29 is 23.8 Å². The smallest absolute Gasteiger partial charge is 0.407 e. The molecule has 0 saturated heterocycles. The van der Waals surface area contributed by atoms with Gasteiger partial charge in [-0.1, -0.05) is 30.3 Å². The fraction of sp³-hybridized carbons (Fsp3) is 0.636. The molecule has 0 aromatic heterocycles. The van der Waals surface area contributed by atoms with Crippen molar-refractivity contribution in [1.82, 2.24) is 10.6 Å². The zero-order chi connectivity index (χ0) is 21.4. The lowest BCUT2D eigenvalue weighted by Crippen LogP contribution is -2.52. The third-order valence-corrected chi connectivity index (χ3v) is 5.11. The highest BCUT2D eigenvalue weighted by atomic mass is 16.6. The van der Waals surface area contributed by atoms with Crippen LogP contribution in [0.3, 0.4) is 0 Å². The molecule has 7 heteroatoms. The van der Waals surface area contributed by atoms with Gasteiger partial charge in [-0.25, -0.2) is 9.59 Å². The Balaban J connectivity index is 1.89. The highest BCUT2D eigenvalue weighted by Crippen LogP contribution is 2.29. The summed E-state index contributed by atoms with van der Waals surface area (Å²) in [6.07, 6.45) is 1.23. The number of ether oxygens (including phenoxy) is 3. The topological polar surface area (TPSA) is 85.9 Å². The van der Waals surface area contributed by atoms with Crippen LogP contribution < -0.4 is 10.6 Å². The van der Waals surface area contributed by atoms with E-state index in [0.29, 0.717) is 6.42 Å². The van der Waals surface area contributed by atoms with Gasteiger partial charge < -0.3 is 24.8 Å². The highest BCUT2D eigenvalue weighted by molar-refractivity contribution is 5.68. The molecule has 1 aromatic rings. The summed E-state index contributed by atoms with van der Waals surface area (Å²) in [7, 11) is 1.65. The number of carbonyl (C=O) groups excluding carboxylic acids is 2. The van der Waals surface area contributed by atoms with E-state index < -0.39 is 17.8 Å². The van der Waals surface area contributed by atoms with E-state index in [9.17, 15) is 9.59 Å². The number of hydrogen-bond acceptors (Lipinski definition) is 5. The maximum atomic E-state index is 12.3. The van der Waals surface area contributed by atoms with Gasteiger partial charge in [-0.3, -0.25) is 0 Å². The van der Waals surface area contributed by atoms with Gasteiger partial charge in [0.1, 0.15) is 12.2 Å². The first-order valence-corrected chi connectivity index (χ1v) is 10.2. The normalized spacial score (nSPS) is 23.0. The zero-order valence-corrected chi connectivity index (χ0v) is 18.1. The van der Waals surface area contributed by atoms with Gasteiger partial charge in [-0.2, -0.15) is 0 Å². The maximum Gasteiger partial charge on any atom is 0.407 e. The molecule has 162 valence electrons. The number of carbonyl (C=O) groups is 2. The van der Waals surface area contributed by atoms with E-state index in [1.54, 1.807) is 7.11 Å². The standard InChI is InChI=1S/C22H34N2O5/c1-15(27-5)18-13-17(23-21(26)29-22(2,3)4)11-12-19(18)24-20(25)28-14-16-9-7-6-8-10-16/h6-10,15,17-19H,11-14H2,1-5H3,(H,23,26)(H,24,25)/t15?,17-,18+,19+/m1/s1. The first kappa shape index (κ1) is 23.0. The van der Waals surface area contributed by atoms with Crippen molar-refractivity contribution in [2.24, 2.45) is 5.92 Å². The van der Waals surface area contributed by atoms with Crippen molar-refractivity contribution in [1.29, 1.82) is 0 Å². The molecule has 1 fully saturated rings. The lowest BCUT2D eigenvalue weighted by molar-refractivity contribution is 0.0194. The Morgan fingerprint density at radius 3 is 2.41 bits per heavy atom. The fourth-order valence-corrected chi connectivity index (χ4v) is 3.60. The van der Waals surface area contributed by atoms with Gasteiger partial charge in [0.25, 0.3) is 0 Å². The molecule has 1 saturated carbocycles. The van der Waals surface area contributed by atoms with Crippen LogP contribution in [0.1, 0.15) is 52.5 Å². The monoisotopic (exact) mass is 406 g/mol. The number of methoxy groups -OCH3 is 1. The molecule has 1 aromatic carbocycles. The molecular weight excluding hydrogens is 372 g/mol. The first-order chi connectivity index (χ1) is 13.7. The van der Waals surface area contributed by atoms with Crippen molar-refractivity contribution in [2.75, 3.05) is 7.11 Å². The van der Waals surface area contributed by atoms with E-state index in [-0.39, 0.29) is 30.7 Å². The van der Waals surface area contributed by atoms with Crippen molar-refractivity contribution in [3.05, 3.63) is 35.9 Å². The molecular formula is C22H34N2O5. The van der Waals surface area contributed by atoms with Gasteiger partial charge in [0, 0.05) is 25.1 Å². The Bertz CT molecular complexity index is 659. The summed E-state index contributed by atoms with van der Waals surface area (Å²) in [5.41, 5.74) is 0.402. The molecule has 0 aliphatic heterocycles. The van der Waals surface area contributed by atoms with Gasteiger partial charge in [0.15, 0.2) is 0 Å². The lowest BCUT2D eigenvalue weighted by atomic mass is 9.78. The second kappa shape index (κ2) is 10.5. The van der Waals surface area contributed by atoms with Gasteiger partial charge in [-0.15, -0.1) is 0 Å². The average Bonchev–Trinajstić information content (AvgIpc) is 2.66. The van der Waals surface area contributed by atoms with E-state index in [4.69, 9.17) is 14.2 Å². The van der Waals surface area contributed by atoms with Crippen LogP contribution in [0.25, 0.3) is 0 Å². The minimum atomic E-state index is -0.537. The van der Waals surface area contributed by atoms with E-state index in [1.165, 1.54) is 0 Å². The Hall–Kier alpha value is -2.28. The van der Waals surface area contributed by atoms with Crippen molar-refractivity contribution in [2.45, 2.75) is 77.4 Å². The number of benzene rings is 1. The molecule has 2 amide bonds. The molecule has 2 N–H and O–H groups in total. The second-order valence-corrected chi connectivity index (χ2v) is 8.57. The molecule has 7 nitrogen and oxygen atoms in total. The quantitative estimate of drug-likeness (QED) is 0.745. The molecule has 29 heavy (non-hydrogen) atoms. The highest BCUT2D eigenvalue weighted by Gasteiger charge is 2.36. The minimum Gasteiger partial charge on any atom is -0.445 e. The summed E-state index contributed by atoms with van der Waals surface area (Å²) in [6, 6.07) is 9.46. The van der Waals surface area contributed by atoms with Crippen LogP contribution in [0.5, 0.6) is 0 Å². The predicted molar refractivity (Wildman–Crippen MR) is 111 cm³/mol. The third-order valence-electron chi connectivity index (χ3n) is 5.11. The van der Waals surface area contributed by atoms with Gasteiger partial charge >= 0.3 is 12.2 Å². The van der Waals surface area contributed by atoms with Crippen LogP contribution in [0.15, 0.2) is 30.3 Å². The fourth-order valence-electron chi connectivity index (χ4n) is 3.60. The SMILES string of the molecule is COC(C)[C@@H]1C[C@H](NC(=O)OC(C)(C)C)CC[C@@H]1NC(=O)OCc1ccccc1. The van der Waals surface area contributed by atoms with Crippen LogP contribution in [0.2, 0.25) is 0 Å². The Kier molecular flexibility index (Phi) is 8.32. The molecule has 1 unspecified atom stereocenters. The summed E-state index contributed by atoms with van der Waals surface area (Å²) in [4.78, 5) is 24.4. The first-order valence-electron chi connectivity index (χ1n) is 10.2. The van der Waals surface area contributed by atoms with Crippen LogP contribution in [-0.4, -0.2) is 43.1 Å². The molecule has 0 bridgehead atoms. The molecule has 2 rings (SSSR count). The Morgan fingerprint density at radius 1 is 1.10 bits per heavy atom. The molecule has 0 spiro atoms. The summed E-state index contributed by atoms with van der Waals surface area (Å²) in [6.45, 7) is 7.72. The van der Waals surface area contributed by atoms with Crippen molar-refractivity contribution in [3.63, 3.8) is 0 Å². The Morgan fingerprint density at radius 2 is 1.79 bits per heavy atom. The van der Waals surface area contributed by atoms with Gasteiger partial charge in [-0.05, 0) is 52.5 Å². The van der Waals surface area contributed by atoms with Gasteiger partial charge in [0.05, 0.1) is 6.10 Å². The summed E-state index contributed by atoms with van der Waals surface area (Å²) in [5, 5.41) is 5.93. The van der Waals surface area contributed by atoms with Gasteiger partial charge in [0.2, 0.25) is 0 Å². The van der Waals surface area contributed by atoms with Crippen LogP contribution in [0, 0.1) is 5.92 Å². The van der Waals surface area contributed by atoms with Crippen molar-refractivity contribution in [3.8, 4) is 0 Å². The largest absolute Gasteiger partial charge is 0.445 e. The van der Waals surface area contributed by atoms with Crippen molar-refractivity contribution >= 4 is 12.2 Å². The number of amides is 2. The molecule has 1 aliphatic carbocycles. The van der Waals surface area contributed by atoms with E-state index in [2.05, 4.69) is 10.6 Å². The van der Waals surface area contributed by atoms with E-state index in [0.717, 1.165) is 18.4 Å². The summed E-state index contributed by atoms with van der Waals surface area (Å²) in [5.74, 6) is 0.0537. The second-order valence-electron chi connectivity index (χ2n) is 8.57. The maximum absolute atomic E-state index is 12.3. The Labute approximate surface area is 173 Å². The van der Waals surface area contributed by atoms with E-state index in [1.807, 2.05) is 58.0 Å². The molecule has 4 atom stereocenters. The zero-order valence-electron chi connectivity index (χ0n) is 18.1. The number of rotatable bonds is 6. The predicted octanol–water partition coefficient (Wildman–Crippen LogP) is 4.01. The third kappa shape index (κ3) is 7.93. The number of hydrogen-bond donors (Lipinski definition) is 2. The lowest BCUT2D eigenvalue weighted by Gasteiger charge is -2.39. The van der Waals surface area contributed by atoms with E-state index >= 15 is 0 Å². The summed E-state index contributed by atoms with van der Waals surface area (Å²) < 4.78 is 16.2. The van der Waals surface area contributed by atoms with Crippen LogP contribution >= 0.6 is 0 Å². The minimum absolute atomic E-state index is 0.0224. The van der Waals surface area contributed by atoms with Crippen LogP contribution in [0.4, 0.5) is 9.59 Å². The van der Waals surface area contributed by atoms with Crippen LogP contribution in [-0.2, 0) is 20.8 Å². The molecule has 0 heterocycles. The number of alkyl carbamates (subject to hydrolysis) is 2. The molecule has 0 radical (unpaired) electrons. The summed E-state index contributed by atoms with van der Waals surface area (Å²) >= 11 is 0. The molecule has 1 aliphatic rings. The average molecular weight is 407 g/mol. The number of nitrogens with one attached hydrogen (secondary N) is 2.